The summed E-state index contributed by atoms with van der Waals surface area (Å²) in [6.45, 7) is 3.08. The number of hydrogen-bond donors (Lipinski definition) is 6. The van der Waals surface area contributed by atoms with Gasteiger partial charge in [-0.25, -0.2) is 4.57 Å². The molecule has 0 aromatic rings. The number of allylic oxidation sites excluding steroid dienone is 6. The zero-order chi connectivity index (χ0) is 37.9. The lowest BCUT2D eigenvalue weighted by Gasteiger charge is -2.41. The third-order valence-electron chi connectivity index (χ3n) is 8.50. The highest BCUT2D eigenvalue weighted by atomic mass is 31.2. The zero-order valence-corrected chi connectivity index (χ0v) is 31.5. The molecule has 1 fully saturated rings. The van der Waals surface area contributed by atoms with Gasteiger partial charge in [-0.2, -0.15) is 0 Å². The van der Waals surface area contributed by atoms with Gasteiger partial charge in [0.05, 0.1) is 6.61 Å². The molecule has 0 radical (unpaired) electrons. The molecule has 0 saturated heterocycles. The van der Waals surface area contributed by atoms with Gasteiger partial charge < -0.3 is 39.9 Å². The molecule has 0 amide bonds. The molecule has 1 rings (SSSR count). The normalized spacial score (nSPS) is 24.3. The van der Waals surface area contributed by atoms with Gasteiger partial charge in [0, 0.05) is 12.8 Å². The van der Waals surface area contributed by atoms with E-state index in [0.717, 1.165) is 57.8 Å². The number of carbonyl (C=O) groups is 2. The number of phosphoric ester groups is 1. The van der Waals surface area contributed by atoms with Gasteiger partial charge in [-0.05, 0) is 44.9 Å². The molecule has 6 atom stereocenters. The third kappa shape index (κ3) is 22.0. The molecule has 51 heavy (non-hydrogen) atoms. The summed E-state index contributed by atoms with van der Waals surface area (Å²) >= 11 is 0. The van der Waals surface area contributed by atoms with Gasteiger partial charge in [0.1, 0.15) is 43.2 Å². The standard InChI is InChI=1S/C37H65O13P/c1-3-5-7-9-11-13-14-15-16-18-20-22-24-26-31(39)49-29(27-47-30(38)25-23-21-19-17-12-10-8-6-4-2)28-48-51(45,46)50-37-35(43)33(41)32(40)34(42)36(37)44/h5,7,11,13,15-16,29,32-37,40-44H,3-4,6,8-10,12,14,17-28H2,1-2H3,(H,45,46)/b7-5-,13-11-,16-15-. The first-order valence-corrected chi connectivity index (χ1v) is 20.3. The lowest BCUT2D eigenvalue weighted by molar-refractivity contribution is -0.220. The fraction of sp³-hybridized carbons (Fsp3) is 0.784. The maximum Gasteiger partial charge on any atom is 0.472 e. The van der Waals surface area contributed by atoms with Crippen molar-refractivity contribution >= 4 is 19.8 Å². The Hall–Kier alpha value is -1.93. The van der Waals surface area contributed by atoms with Crippen LogP contribution in [0.15, 0.2) is 36.5 Å². The third-order valence-corrected chi connectivity index (χ3v) is 9.48. The summed E-state index contributed by atoms with van der Waals surface area (Å²) in [6.07, 6.45) is 15.3. The number of carbonyl (C=O) groups excluding carboxylic acids is 2. The number of hydrogen-bond acceptors (Lipinski definition) is 12. The number of aliphatic hydroxyl groups is 5. The van der Waals surface area contributed by atoms with Crippen molar-refractivity contribution in [2.45, 2.75) is 172 Å². The SMILES string of the molecule is CC/C=C\C/C=C\C/C=C\CCCCCC(=O)OC(COC(=O)CCCCCCCCCCC)COP(=O)(O)OC1C(O)C(O)C(O)C(O)C1O. The van der Waals surface area contributed by atoms with Crippen LogP contribution in [0.2, 0.25) is 0 Å². The minimum atomic E-state index is -5.11. The number of unbranched alkanes of at least 4 members (excludes halogenated alkanes) is 11. The molecular formula is C37H65O13P. The molecule has 0 heterocycles. The predicted octanol–water partition coefficient (Wildman–Crippen LogP) is 5.49. The van der Waals surface area contributed by atoms with Gasteiger partial charge in [-0.1, -0.05) is 108 Å². The van der Waals surface area contributed by atoms with Gasteiger partial charge >= 0.3 is 19.8 Å². The summed E-state index contributed by atoms with van der Waals surface area (Å²) in [7, 11) is -5.11. The highest BCUT2D eigenvalue weighted by molar-refractivity contribution is 7.47. The molecule has 6 N–H and O–H groups in total. The van der Waals surface area contributed by atoms with Crippen LogP contribution in [0.1, 0.15) is 129 Å². The molecule has 0 aromatic carbocycles. The second-order valence-electron chi connectivity index (χ2n) is 13.1. The van der Waals surface area contributed by atoms with Gasteiger partial charge in [-0.3, -0.25) is 18.6 Å². The van der Waals surface area contributed by atoms with Crippen molar-refractivity contribution in [1.29, 1.82) is 0 Å². The largest absolute Gasteiger partial charge is 0.472 e. The Balaban J connectivity index is 2.59. The molecule has 0 spiro atoms. The van der Waals surface area contributed by atoms with E-state index in [4.69, 9.17) is 18.5 Å². The molecule has 14 heteroatoms. The highest BCUT2D eigenvalue weighted by Crippen LogP contribution is 2.47. The number of ether oxygens (including phenoxy) is 2. The topological polar surface area (TPSA) is 210 Å². The van der Waals surface area contributed by atoms with E-state index in [1.54, 1.807) is 0 Å². The van der Waals surface area contributed by atoms with Gasteiger partial charge in [0.15, 0.2) is 6.10 Å². The zero-order valence-electron chi connectivity index (χ0n) is 30.6. The van der Waals surface area contributed by atoms with Crippen molar-refractivity contribution in [3.63, 3.8) is 0 Å². The number of rotatable bonds is 29. The lowest BCUT2D eigenvalue weighted by Crippen LogP contribution is -2.64. The number of esters is 2. The van der Waals surface area contributed by atoms with Crippen LogP contribution in [-0.4, -0.2) is 98.3 Å². The fourth-order valence-electron chi connectivity index (χ4n) is 5.42. The maximum absolute atomic E-state index is 12.7. The average Bonchev–Trinajstić information content (AvgIpc) is 3.10. The van der Waals surface area contributed by atoms with E-state index < -0.39 is 75.7 Å². The number of aliphatic hydroxyl groups excluding tert-OH is 5. The fourth-order valence-corrected chi connectivity index (χ4v) is 6.39. The molecule has 1 aliphatic rings. The van der Waals surface area contributed by atoms with Crippen LogP contribution >= 0.6 is 7.82 Å². The van der Waals surface area contributed by atoms with E-state index in [1.165, 1.54) is 32.1 Å². The summed E-state index contributed by atoms with van der Waals surface area (Å²) in [6, 6.07) is 0. The first-order valence-electron chi connectivity index (χ1n) is 18.8. The second kappa shape index (κ2) is 28.6. The van der Waals surface area contributed by atoms with Crippen LogP contribution in [0.3, 0.4) is 0 Å². The van der Waals surface area contributed by atoms with E-state index in [1.807, 2.05) is 0 Å². The summed E-state index contributed by atoms with van der Waals surface area (Å²) < 4.78 is 33.2. The van der Waals surface area contributed by atoms with Crippen molar-refractivity contribution in [3.8, 4) is 0 Å². The van der Waals surface area contributed by atoms with Gasteiger partial charge in [-0.15, -0.1) is 0 Å². The monoisotopic (exact) mass is 748 g/mol. The maximum atomic E-state index is 12.7. The highest BCUT2D eigenvalue weighted by Gasteiger charge is 2.51. The van der Waals surface area contributed by atoms with Crippen LogP contribution in [-0.2, 0) is 32.7 Å². The minimum Gasteiger partial charge on any atom is -0.462 e. The molecule has 1 saturated carbocycles. The summed E-state index contributed by atoms with van der Waals surface area (Å²) in [5, 5.41) is 49.8. The van der Waals surface area contributed by atoms with Crippen LogP contribution in [0.4, 0.5) is 0 Å². The quantitative estimate of drug-likeness (QED) is 0.0242. The summed E-state index contributed by atoms with van der Waals surface area (Å²) in [5.74, 6) is -1.14. The Morgan fingerprint density at radius 1 is 0.627 bits per heavy atom. The smallest absolute Gasteiger partial charge is 0.462 e. The Labute approximate surface area is 304 Å². The Morgan fingerprint density at radius 2 is 1.12 bits per heavy atom. The van der Waals surface area contributed by atoms with Crippen molar-refractivity contribution < 1.29 is 63.1 Å². The van der Waals surface area contributed by atoms with Crippen molar-refractivity contribution in [2.75, 3.05) is 13.2 Å². The van der Waals surface area contributed by atoms with Gasteiger partial charge in [0.25, 0.3) is 0 Å². The van der Waals surface area contributed by atoms with Crippen molar-refractivity contribution in [2.24, 2.45) is 0 Å². The van der Waals surface area contributed by atoms with Crippen LogP contribution < -0.4 is 0 Å². The first kappa shape index (κ1) is 47.1. The molecule has 0 aliphatic heterocycles. The van der Waals surface area contributed by atoms with Crippen LogP contribution in [0.5, 0.6) is 0 Å². The van der Waals surface area contributed by atoms with E-state index in [-0.39, 0.29) is 12.8 Å². The molecular weight excluding hydrogens is 683 g/mol. The first-order chi connectivity index (χ1) is 24.4. The molecule has 0 aromatic heterocycles. The molecule has 13 nitrogen and oxygen atoms in total. The average molecular weight is 749 g/mol. The van der Waals surface area contributed by atoms with Crippen molar-refractivity contribution in [3.05, 3.63) is 36.5 Å². The van der Waals surface area contributed by atoms with E-state index >= 15 is 0 Å². The van der Waals surface area contributed by atoms with Crippen LogP contribution in [0, 0.1) is 0 Å². The van der Waals surface area contributed by atoms with Crippen LogP contribution in [0.25, 0.3) is 0 Å². The Bertz CT molecular complexity index is 1050. The molecule has 0 bridgehead atoms. The molecule has 1 aliphatic carbocycles. The Morgan fingerprint density at radius 3 is 1.71 bits per heavy atom. The minimum absolute atomic E-state index is 0.0620. The van der Waals surface area contributed by atoms with E-state index in [9.17, 15) is 44.6 Å². The predicted molar refractivity (Wildman–Crippen MR) is 193 cm³/mol. The Kier molecular flexibility index (Phi) is 26.4. The molecule has 6 unspecified atom stereocenters. The van der Waals surface area contributed by atoms with E-state index in [0.29, 0.717) is 12.8 Å². The lowest BCUT2D eigenvalue weighted by atomic mass is 9.85. The number of phosphoric acid groups is 1. The summed E-state index contributed by atoms with van der Waals surface area (Å²) in [4.78, 5) is 35.3. The van der Waals surface area contributed by atoms with Gasteiger partial charge in [0.2, 0.25) is 0 Å². The van der Waals surface area contributed by atoms with E-state index in [2.05, 4.69) is 50.3 Å². The second-order valence-corrected chi connectivity index (χ2v) is 14.5. The van der Waals surface area contributed by atoms with Crippen molar-refractivity contribution in [1.82, 2.24) is 0 Å². The molecule has 296 valence electrons. The summed E-state index contributed by atoms with van der Waals surface area (Å²) in [5.41, 5.74) is 0.